The molecular weight excluding hydrogens is 228 g/mol. The van der Waals surface area contributed by atoms with Gasteiger partial charge in [-0.25, -0.2) is 0 Å². The van der Waals surface area contributed by atoms with E-state index in [-0.39, 0.29) is 18.4 Å². The highest BCUT2D eigenvalue weighted by Crippen LogP contribution is 2.31. The summed E-state index contributed by atoms with van der Waals surface area (Å²) in [7, 11) is 1.36. The van der Waals surface area contributed by atoms with Gasteiger partial charge in [0.05, 0.1) is 12.5 Å². The highest BCUT2D eigenvalue weighted by atomic mass is 35.5. The van der Waals surface area contributed by atoms with Crippen molar-refractivity contribution in [3.63, 3.8) is 0 Å². The Morgan fingerprint density at radius 1 is 1.56 bits per heavy atom. The van der Waals surface area contributed by atoms with Crippen LogP contribution in [0, 0.1) is 5.41 Å². The lowest BCUT2D eigenvalue weighted by Gasteiger charge is -2.28. The minimum atomic E-state index is -0.752. The summed E-state index contributed by atoms with van der Waals surface area (Å²) in [6.07, 6.45) is 3.33. The quantitative estimate of drug-likeness (QED) is 0.822. The number of ether oxygens (including phenoxy) is 1. The van der Waals surface area contributed by atoms with Crippen LogP contribution in [0.5, 0.6) is 0 Å². The van der Waals surface area contributed by atoms with Gasteiger partial charge < -0.3 is 10.5 Å². The first-order valence-corrected chi connectivity index (χ1v) is 4.74. The van der Waals surface area contributed by atoms with Crippen molar-refractivity contribution < 1.29 is 9.53 Å². The zero-order valence-electron chi connectivity index (χ0n) is 9.64. The van der Waals surface area contributed by atoms with Crippen LogP contribution in [-0.4, -0.2) is 18.1 Å². The predicted octanol–water partition coefficient (Wildman–Crippen LogP) is 1.70. The fourth-order valence-electron chi connectivity index (χ4n) is 1.37. The van der Waals surface area contributed by atoms with Crippen LogP contribution in [-0.2, 0) is 9.53 Å². The molecule has 0 aliphatic heterocycles. The number of nitrogens with zero attached hydrogens (tertiary/aromatic N) is 1. The second kappa shape index (κ2) is 5.82. The number of carbonyl (C=O) groups excluding carboxylic acids is 1. The molecule has 90 valence electrons. The summed E-state index contributed by atoms with van der Waals surface area (Å²) < 4.78 is 4.72. The second-order valence-electron chi connectivity index (χ2n) is 3.98. The van der Waals surface area contributed by atoms with Crippen molar-refractivity contribution in [2.24, 2.45) is 11.1 Å². The van der Waals surface area contributed by atoms with Gasteiger partial charge in [-0.3, -0.25) is 9.78 Å². The molecule has 0 spiro atoms. The molecule has 16 heavy (non-hydrogen) atoms. The zero-order chi connectivity index (χ0) is 11.5. The van der Waals surface area contributed by atoms with Crippen molar-refractivity contribution in [1.82, 2.24) is 4.98 Å². The number of aromatic nitrogens is 1. The maximum atomic E-state index is 11.5. The molecule has 0 fully saturated rings. The van der Waals surface area contributed by atoms with E-state index < -0.39 is 11.5 Å². The zero-order valence-corrected chi connectivity index (χ0v) is 10.5. The van der Waals surface area contributed by atoms with Crippen molar-refractivity contribution >= 4 is 18.4 Å². The van der Waals surface area contributed by atoms with Crippen LogP contribution in [0.15, 0.2) is 24.5 Å². The normalized spacial score (nSPS) is 12.5. The summed E-state index contributed by atoms with van der Waals surface area (Å²) >= 11 is 0. The first-order chi connectivity index (χ1) is 7.00. The predicted molar refractivity (Wildman–Crippen MR) is 64.2 cm³/mol. The number of methoxy groups -OCH3 is 1. The number of rotatable bonds is 3. The molecule has 0 unspecified atom stereocenters. The van der Waals surface area contributed by atoms with Gasteiger partial charge in [0.1, 0.15) is 0 Å². The monoisotopic (exact) mass is 244 g/mol. The molecule has 0 aromatic carbocycles. The first kappa shape index (κ1) is 14.9. The third kappa shape index (κ3) is 2.93. The number of halogens is 1. The average molecular weight is 245 g/mol. The highest BCUT2D eigenvalue weighted by molar-refractivity contribution is 5.85. The molecule has 1 aromatic heterocycles. The van der Waals surface area contributed by atoms with Crippen LogP contribution >= 0.6 is 12.4 Å². The summed E-state index contributed by atoms with van der Waals surface area (Å²) in [5.41, 5.74) is 6.08. The highest BCUT2D eigenvalue weighted by Gasteiger charge is 2.36. The molecule has 4 nitrogen and oxygen atoms in total. The number of carbonyl (C=O) groups is 1. The third-order valence-electron chi connectivity index (χ3n) is 2.53. The largest absolute Gasteiger partial charge is 0.469 e. The number of hydrogen-bond acceptors (Lipinski definition) is 4. The fraction of sp³-hybridized carbons (Fsp3) is 0.455. The molecule has 0 bridgehead atoms. The van der Waals surface area contributed by atoms with Crippen molar-refractivity contribution in [1.29, 1.82) is 0 Å². The van der Waals surface area contributed by atoms with Gasteiger partial charge in [0.15, 0.2) is 0 Å². The van der Waals surface area contributed by atoms with Crippen molar-refractivity contribution in [2.75, 3.05) is 7.11 Å². The van der Waals surface area contributed by atoms with Crippen LogP contribution in [0.3, 0.4) is 0 Å². The van der Waals surface area contributed by atoms with Crippen LogP contribution < -0.4 is 5.73 Å². The molecule has 0 aliphatic carbocycles. The van der Waals surface area contributed by atoms with Crippen LogP contribution in [0.2, 0.25) is 0 Å². The molecule has 5 heteroatoms. The molecule has 2 N–H and O–H groups in total. The van der Waals surface area contributed by atoms with Gasteiger partial charge in [0, 0.05) is 18.4 Å². The number of pyridine rings is 1. The lowest BCUT2D eigenvalue weighted by molar-refractivity contribution is -0.152. The van der Waals surface area contributed by atoms with Crippen molar-refractivity contribution in [3.05, 3.63) is 30.1 Å². The van der Waals surface area contributed by atoms with Crippen molar-refractivity contribution in [2.45, 2.75) is 19.9 Å². The van der Waals surface area contributed by atoms with Gasteiger partial charge in [-0.05, 0) is 25.5 Å². The van der Waals surface area contributed by atoms with Gasteiger partial charge in [-0.1, -0.05) is 6.07 Å². The van der Waals surface area contributed by atoms with Crippen LogP contribution in [0.4, 0.5) is 0 Å². The maximum absolute atomic E-state index is 11.5. The number of hydrogen-bond donors (Lipinski definition) is 1. The SMILES string of the molecule is COC(=O)C(C)(C)[C@H](N)c1cccnc1.Cl. The molecule has 0 amide bonds. The van der Waals surface area contributed by atoms with E-state index >= 15 is 0 Å². The average Bonchev–Trinajstić information content (AvgIpc) is 2.28. The lowest BCUT2D eigenvalue weighted by atomic mass is 9.81. The summed E-state index contributed by atoms with van der Waals surface area (Å²) in [5.74, 6) is -0.321. The summed E-state index contributed by atoms with van der Waals surface area (Å²) in [5, 5.41) is 0. The molecule has 0 saturated heterocycles. The Hall–Kier alpha value is -1.13. The molecule has 1 heterocycles. The van der Waals surface area contributed by atoms with E-state index in [0.29, 0.717) is 0 Å². The summed E-state index contributed by atoms with van der Waals surface area (Å²) in [6, 6.07) is 3.23. The fourth-order valence-corrected chi connectivity index (χ4v) is 1.37. The molecule has 0 radical (unpaired) electrons. The van der Waals surface area contributed by atoms with Crippen LogP contribution in [0.25, 0.3) is 0 Å². The van der Waals surface area contributed by atoms with Gasteiger partial charge in [-0.2, -0.15) is 0 Å². The van der Waals surface area contributed by atoms with E-state index in [1.807, 2.05) is 6.07 Å². The van der Waals surface area contributed by atoms with E-state index in [1.165, 1.54) is 7.11 Å². The van der Waals surface area contributed by atoms with Crippen molar-refractivity contribution in [3.8, 4) is 0 Å². The Kier molecular flexibility index (Phi) is 5.41. The van der Waals surface area contributed by atoms with Gasteiger partial charge in [0.25, 0.3) is 0 Å². The number of nitrogens with two attached hydrogens (primary N) is 1. The van der Waals surface area contributed by atoms with E-state index in [2.05, 4.69) is 4.98 Å². The van der Waals surface area contributed by atoms with Gasteiger partial charge >= 0.3 is 5.97 Å². The Bertz CT molecular complexity index is 341. The Morgan fingerprint density at radius 2 is 2.19 bits per heavy atom. The van der Waals surface area contributed by atoms with E-state index in [9.17, 15) is 4.79 Å². The Balaban J connectivity index is 0.00000225. The molecule has 0 saturated carbocycles. The van der Waals surface area contributed by atoms with E-state index in [4.69, 9.17) is 10.5 Å². The number of esters is 1. The second-order valence-corrected chi connectivity index (χ2v) is 3.98. The topological polar surface area (TPSA) is 65.2 Å². The molecule has 0 aliphatic rings. The lowest BCUT2D eigenvalue weighted by Crippen LogP contribution is -2.37. The Morgan fingerprint density at radius 3 is 2.62 bits per heavy atom. The minimum absolute atomic E-state index is 0. The maximum Gasteiger partial charge on any atom is 0.313 e. The van der Waals surface area contributed by atoms with Crippen LogP contribution in [0.1, 0.15) is 25.5 Å². The molecule has 1 rings (SSSR count). The minimum Gasteiger partial charge on any atom is -0.469 e. The smallest absolute Gasteiger partial charge is 0.313 e. The summed E-state index contributed by atoms with van der Waals surface area (Å²) in [4.78, 5) is 15.5. The van der Waals surface area contributed by atoms with Gasteiger partial charge in [-0.15, -0.1) is 12.4 Å². The third-order valence-corrected chi connectivity index (χ3v) is 2.53. The standard InChI is InChI=1S/C11H16N2O2.ClH/c1-11(2,10(14)15-3)9(12)8-5-4-6-13-7-8;/h4-7,9H,12H2,1-3H3;1H/t9-;/m1./s1. The molecule has 1 atom stereocenters. The Labute approximate surface area is 102 Å². The van der Waals surface area contributed by atoms with Gasteiger partial charge in [0.2, 0.25) is 0 Å². The van der Waals surface area contributed by atoms with E-state index in [0.717, 1.165) is 5.56 Å². The van der Waals surface area contributed by atoms with E-state index in [1.54, 1.807) is 32.3 Å². The first-order valence-electron chi connectivity index (χ1n) is 4.74. The molecule has 1 aromatic rings. The molecular formula is C11H17ClN2O2. The summed E-state index contributed by atoms with van der Waals surface area (Å²) in [6.45, 7) is 3.52.